The van der Waals surface area contributed by atoms with E-state index in [-0.39, 0.29) is 49.5 Å². The molecule has 2 atom stereocenters. The van der Waals surface area contributed by atoms with Gasteiger partial charge in [-0.3, -0.25) is 23.6 Å². The fraction of sp³-hybridized carbons (Fsp3) is 0.393. The monoisotopic (exact) mass is 559 g/mol. The number of amides is 4. The molecule has 1 saturated heterocycles. The molecule has 4 amide bonds. The summed E-state index contributed by atoms with van der Waals surface area (Å²) in [6, 6.07) is 7.80. The highest BCUT2D eigenvalue weighted by Crippen LogP contribution is 2.19. The highest BCUT2D eigenvalue weighted by Gasteiger charge is 2.27. The third kappa shape index (κ3) is 6.34. The van der Waals surface area contributed by atoms with Gasteiger partial charge in [0.05, 0.1) is 0 Å². The minimum Gasteiger partial charge on any atom is -0.361 e. The molecule has 5 rings (SSSR count). The van der Waals surface area contributed by atoms with Crippen LogP contribution in [0.5, 0.6) is 0 Å². The molecule has 0 bridgehead atoms. The van der Waals surface area contributed by atoms with Gasteiger partial charge in [-0.2, -0.15) is 0 Å². The van der Waals surface area contributed by atoms with E-state index in [0.717, 1.165) is 22.2 Å². The first-order valence-electron chi connectivity index (χ1n) is 13.7. The molecule has 0 saturated carbocycles. The van der Waals surface area contributed by atoms with E-state index < -0.39 is 18.0 Å². The average Bonchev–Trinajstić information content (AvgIpc) is 3.56. The lowest BCUT2D eigenvalue weighted by molar-refractivity contribution is -0.131. The number of fused-ring (bicyclic) bond motifs is 2. The van der Waals surface area contributed by atoms with Gasteiger partial charge in [-0.15, -0.1) is 10.2 Å². The summed E-state index contributed by atoms with van der Waals surface area (Å²) >= 11 is 0. The highest BCUT2D eigenvalue weighted by atomic mass is 16.2. The van der Waals surface area contributed by atoms with Crippen LogP contribution in [0.2, 0.25) is 0 Å². The number of para-hydroxylation sites is 1. The zero-order valence-corrected chi connectivity index (χ0v) is 23.0. The number of rotatable bonds is 3. The fourth-order valence-corrected chi connectivity index (χ4v) is 4.92. The van der Waals surface area contributed by atoms with Crippen LogP contribution in [0.4, 0.5) is 0 Å². The van der Waals surface area contributed by atoms with Gasteiger partial charge in [-0.05, 0) is 44.4 Å². The number of carbonyl (C=O) groups excluding carboxylic acids is 4. The number of H-pyrrole nitrogens is 1. The number of nitrogens with zero attached hydrogens (tertiary/aromatic N) is 5. The largest absolute Gasteiger partial charge is 0.361 e. The molecular weight excluding hydrogens is 526 g/mol. The van der Waals surface area contributed by atoms with Gasteiger partial charge in [0, 0.05) is 61.5 Å². The Balaban J connectivity index is 1.33. The van der Waals surface area contributed by atoms with Crippen LogP contribution in [0.3, 0.4) is 0 Å². The molecule has 1 aliphatic heterocycles. The van der Waals surface area contributed by atoms with Crippen molar-refractivity contribution in [2.75, 3.05) is 19.6 Å². The van der Waals surface area contributed by atoms with E-state index in [2.05, 4.69) is 36.1 Å². The van der Waals surface area contributed by atoms with E-state index in [1.165, 1.54) is 4.40 Å². The SMILES string of the molecule is Cc1ccn2c(C(=O)N3CCCNC(=O)[C@@H](Cc4c[nH]c5ccccc45)NC(=O)[C@H](C)NC(=O)CCC3)nnc2n1. The lowest BCUT2D eigenvalue weighted by Crippen LogP contribution is -2.53. The molecular formula is C28H33N9O4. The summed E-state index contributed by atoms with van der Waals surface area (Å²) in [6.45, 7) is 4.31. The molecule has 4 aromatic rings. The van der Waals surface area contributed by atoms with E-state index in [9.17, 15) is 19.2 Å². The predicted molar refractivity (Wildman–Crippen MR) is 150 cm³/mol. The number of benzene rings is 1. The van der Waals surface area contributed by atoms with Crippen molar-refractivity contribution in [1.29, 1.82) is 0 Å². The van der Waals surface area contributed by atoms with E-state index in [1.54, 1.807) is 24.1 Å². The second-order valence-electron chi connectivity index (χ2n) is 10.2. The van der Waals surface area contributed by atoms with Crippen molar-refractivity contribution in [3.63, 3.8) is 0 Å². The van der Waals surface area contributed by atoms with Gasteiger partial charge in [0.15, 0.2) is 0 Å². The summed E-state index contributed by atoms with van der Waals surface area (Å²) in [6.07, 6.45) is 4.77. The Kier molecular flexibility index (Phi) is 8.22. The van der Waals surface area contributed by atoms with Crippen molar-refractivity contribution in [2.24, 2.45) is 0 Å². The van der Waals surface area contributed by atoms with E-state index >= 15 is 0 Å². The van der Waals surface area contributed by atoms with Crippen LogP contribution in [0, 0.1) is 6.92 Å². The Morgan fingerprint density at radius 2 is 1.83 bits per heavy atom. The fourth-order valence-electron chi connectivity index (χ4n) is 4.92. The van der Waals surface area contributed by atoms with Crippen LogP contribution < -0.4 is 16.0 Å². The van der Waals surface area contributed by atoms with Gasteiger partial charge in [-0.25, -0.2) is 4.98 Å². The first-order valence-corrected chi connectivity index (χ1v) is 13.7. The Bertz CT molecular complexity index is 1590. The Morgan fingerprint density at radius 3 is 2.68 bits per heavy atom. The van der Waals surface area contributed by atoms with Crippen molar-refractivity contribution in [1.82, 2.24) is 45.4 Å². The van der Waals surface area contributed by atoms with Crippen LogP contribution in [-0.2, 0) is 20.8 Å². The van der Waals surface area contributed by atoms with E-state index in [4.69, 9.17) is 0 Å². The Hall–Kier alpha value is -4.81. The number of aromatic nitrogens is 5. The first kappa shape index (κ1) is 27.7. The van der Waals surface area contributed by atoms with Crippen molar-refractivity contribution in [3.8, 4) is 0 Å². The minimum absolute atomic E-state index is 0.124. The van der Waals surface area contributed by atoms with Gasteiger partial charge in [0.2, 0.25) is 23.5 Å². The van der Waals surface area contributed by atoms with Crippen LogP contribution in [-0.4, -0.2) is 84.8 Å². The molecule has 4 N–H and O–H groups in total. The number of nitrogens with one attached hydrogen (secondary N) is 4. The van der Waals surface area contributed by atoms with Crippen molar-refractivity contribution < 1.29 is 19.2 Å². The molecule has 13 heteroatoms. The summed E-state index contributed by atoms with van der Waals surface area (Å²) in [5, 5.41) is 17.4. The number of hydrogen-bond donors (Lipinski definition) is 4. The molecule has 1 aliphatic rings. The molecule has 0 spiro atoms. The molecule has 0 aliphatic carbocycles. The summed E-state index contributed by atoms with van der Waals surface area (Å²) in [5.74, 6) is -1.01. The topological polar surface area (TPSA) is 166 Å². The molecule has 4 heterocycles. The van der Waals surface area contributed by atoms with Crippen molar-refractivity contribution in [3.05, 3.63) is 59.8 Å². The molecule has 41 heavy (non-hydrogen) atoms. The van der Waals surface area contributed by atoms with Gasteiger partial charge in [0.25, 0.3) is 11.7 Å². The van der Waals surface area contributed by atoms with Crippen LogP contribution in [0.15, 0.2) is 42.7 Å². The third-order valence-electron chi connectivity index (χ3n) is 7.14. The maximum atomic E-state index is 13.5. The zero-order valence-electron chi connectivity index (χ0n) is 23.0. The van der Waals surface area contributed by atoms with Gasteiger partial charge in [-0.1, -0.05) is 18.2 Å². The number of aromatic amines is 1. The normalized spacial score (nSPS) is 19.8. The average molecular weight is 560 g/mol. The molecule has 1 fully saturated rings. The van der Waals surface area contributed by atoms with Crippen LogP contribution >= 0.6 is 0 Å². The Labute approximate surface area is 236 Å². The van der Waals surface area contributed by atoms with Gasteiger partial charge in [0.1, 0.15) is 12.1 Å². The number of hydrogen-bond acceptors (Lipinski definition) is 7. The molecule has 13 nitrogen and oxygen atoms in total. The summed E-state index contributed by atoms with van der Waals surface area (Å²) < 4.78 is 1.54. The molecule has 0 unspecified atom stereocenters. The van der Waals surface area contributed by atoms with Gasteiger partial charge < -0.3 is 25.8 Å². The standard InChI is InChI=1S/C28H33N9O4/c1-17-10-14-37-24(34-35-28(37)31-17)27(41)36-12-5-9-23(38)32-18(2)25(39)33-22(26(40)29-11-6-13-36)15-19-16-30-21-8-4-3-7-20(19)21/h3-4,7-8,10,14,16,18,22,30H,5-6,9,11-13,15H2,1-2H3,(H,29,40)(H,32,38)(H,33,39)/t18-,22+/m0/s1. The maximum Gasteiger partial charge on any atom is 0.292 e. The highest BCUT2D eigenvalue weighted by molar-refractivity contribution is 5.93. The van der Waals surface area contributed by atoms with E-state index in [1.807, 2.05) is 37.4 Å². The van der Waals surface area contributed by atoms with E-state index in [0.29, 0.717) is 25.2 Å². The van der Waals surface area contributed by atoms with Gasteiger partial charge >= 0.3 is 0 Å². The quantitative estimate of drug-likeness (QED) is 0.289. The van der Waals surface area contributed by atoms with Crippen molar-refractivity contribution in [2.45, 2.75) is 51.6 Å². The predicted octanol–water partition coefficient (Wildman–Crippen LogP) is 0.889. The summed E-state index contributed by atoms with van der Waals surface area (Å²) in [7, 11) is 0. The molecule has 0 radical (unpaired) electrons. The van der Waals surface area contributed by atoms with Crippen LogP contribution in [0.1, 0.15) is 48.1 Å². The lowest BCUT2D eigenvalue weighted by Gasteiger charge is -2.22. The smallest absolute Gasteiger partial charge is 0.292 e. The number of aryl methyl sites for hydroxylation is 1. The number of carbonyl (C=O) groups is 4. The second-order valence-corrected chi connectivity index (χ2v) is 10.2. The Morgan fingerprint density at radius 1 is 1.02 bits per heavy atom. The third-order valence-corrected chi connectivity index (χ3v) is 7.14. The lowest BCUT2D eigenvalue weighted by atomic mass is 10.0. The molecule has 214 valence electrons. The van der Waals surface area contributed by atoms with Crippen molar-refractivity contribution >= 4 is 40.3 Å². The summed E-state index contributed by atoms with van der Waals surface area (Å²) in [4.78, 5) is 61.4. The minimum atomic E-state index is -0.859. The maximum absolute atomic E-state index is 13.5. The summed E-state index contributed by atoms with van der Waals surface area (Å²) in [5.41, 5.74) is 2.57. The first-order chi connectivity index (χ1) is 19.8. The molecule has 3 aromatic heterocycles. The zero-order chi connectivity index (χ0) is 28.9. The molecule has 1 aromatic carbocycles. The van der Waals surface area contributed by atoms with Crippen LogP contribution in [0.25, 0.3) is 16.7 Å². The second kappa shape index (κ2) is 12.1.